The van der Waals surface area contributed by atoms with Crippen molar-refractivity contribution < 1.29 is 9.53 Å². The zero-order chi connectivity index (χ0) is 13.9. The fourth-order valence-electron chi connectivity index (χ4n) is 2.58. The molecule has 2 nitrogen and oxygen atoms in total. The van der Waals surface area contributed by atoms with Crippen molar-refractivity contribution in [2.45, 2.75) is 71.1 Å². The van der Waals surface area contributed by atoms with Crippen LogP contribution < -0.4 is 0 Å². The van der Waals surface area contributed by atoms with Crippen LogP contribution in [0.15, 0.2) is 23.3 Å². The summed E-state index contributed by atoms with van der Waals surface area (Å²) in [4.78, 5) is 11.4. The van der Waals surface area contributed by atoms with E-state index in [0.29, 0.717) is 0 Å². The number of esters is 1. The molecule has 19 heavy (non-hydrogen) atoms. The third kappa shape index (κ3) is 7.19. The zero-order valence-corrected chi connectivity index (χ0v) is 12.5. The van der Waals surface area contributed by atoms with Crippen LogP contribution in [0.5, 0.6) is 0 Å². The van der Waals surface area contributed by atoms with Crippen LogP contribution in [0.4, 0.5) is 0 Å². The SMILES string of the molecule is CCCCCCC/C(=C\C(=O)OC)CC1=CCCC1. The van der Waals surface area contributed by atoms with Crippen molar-refractivity contribution in [2.24, 2.45) is 0 Å². The van der Waals surface area contributed by atoms with Crippen molar-refractivity contribution in [3.63, 3.8) is 0 Å². The Hall–Kier alpha value is -1.05. The molecule has 108 valence electrons. The lowest BCUT2D eigenvalue weighted by atomic mass is 9.98. The van der Waals surface area contributed by atoms with E-state index in [1.807, 2.05) is 0 Å². The van der Waals surface area contributed by atoms with Gasteiger partial charge in [-0.05, 0) is 38.5 Å². The number of ether oxygens (including phenoxy) is 1. The molecule has 0 aromatic rings. The summed E-state index contributed by atoms with van der Waals surface area (Å²) in [5.41, 5.74) is 2.75. The molecule has 1 aliphatic rings. The molecule has 0 aromatic heterocycles. The molecule has 1 aliphatic carbocycles. The van der Waals surface area contributed by atoms with Crippen molar-refractivity contribution in [1.82, 2.24) is 0 Å². The molecule has 0 bridgehead atoms. The summed E-state index contributed by atoms with van der Waals surface area (Å²) in [5, 5.41) is 0. The molecule has 1 rings (SSSR count). The topological polar surface area (TPSA) is 26.3 Å². The standard InChI is InChI=1S/C17H28O2/c1-3-4-5-6-7-12-16(14-17(18)19-2)13-15-10-8-9-11-15/h10,14H,3-9,11-13H2,1-2H3/b16-14+. The number of carbonyl (C=O) groups is 1. The monoisotopic (exact) mass is 264 g/mol. The molecular formula is C17H28O2. The van der Waals surface area contributed by atoms with Crippen molar-refractivity contribution >= 4 is 5.97 Å². The quantitative estimate of drug-likeness (QED) is 0.255. The van der Waals surface area contributed by atoms with Gasteiger partial charge in [0.05, 0.1) is 7.11 Å². The molecule has 0 radical (unpaired) electrons. The molecule has 0 fully saturated rings. The Morgan fingerprint density at radius 2 is 2.11 bits per heavy atom. The molecule has 0 atom stereocenters. The number of methoxy groups -OCH3 is 1. The summed E-state index contributed by atoms with van der Waals surface area (Å²) in [7, 11) is 1.45. The molecule has 0 spiro atoms. The lowest BCUT2D eigenvalue weighted by Crippen LogP contribution is -1.98. The molecule has 0 saturated carbocycles. The molecule has 0 amide bonds. The van der Waals surface area contributed by atoms with Gasteiger partial charge in [0.1, 0.15) is 0 Å². The number of hydrogen-bond donors (Lipinski definition) is 0. The Labute approximate surface area is 117 Å². The predicted octanol–water partition coefficient (Wildman–Crippen LogP) is 4.95. The van der Waals surface area contributed by atoms with Crippen LogP contribution in [-0.2, 0) is 9.53 Å². The minimum Gasteiger partial charge on any atom is -0.466 e. The summed E-state index contributed by atoms with van der Waals surface area (Å²) >= 11 is 0. The van der Waals surface area contributed by atoms with Gasteiger partial charge in [0, 0.05) is 6.08 Å². The van der Waals surface area contributed by atoms with Crippen LogP contribution in [0.3, 0.4) is 0 Å². The van der Waals surface area contributed by atoms with Gasteiger partial charge in [0.25, 0.3) is 0 Å². The maximum atomic E-state index is 11.4. The second-order valence-corrected chi connectivity index (χ2v) is 5.42. The highest BCUT2D eigenvalue weighted by atomic mass is 16.5. The van der Waals surface area contributed by atoms with Gasteiger partial charge in [-0.3, -0.25) is 0 Å². The van der Waals surface area contributed by atoms with E-state index >= 15 is 0 Å². The number of hydrogen-bond acceptors (Lipinski definition) is 2. The second kappa shape index (κ2) is 9.82. The van der Waals surface area contributed by atoms with E-state index in [1.165, 1.54) is 69.6 Å². The number of allylic oxidation sites excluding steroid dienone is 3. The Bertz CT molecular complexity index is 326. The van der Waals surface area contributed by atoms with Crippen molar-refractivity contribution in [1.29, 1.82) is 0 Å². The van der Waals surface area contributed by atoms with Crippen LogP contribution in [0.2, 0.25) is 0 Å². The summed E-state index contributed by atoms with van der Waals surface area (Å²) < 4.78 is 4.76. The van der Waals surface area contributed by atoms with Crippen molar-refractivity contribution in [3.8, 4) is 0 Å². The molecule has 0 heterocycles. The first-order chi connectivity index (χ1) is 9.26. The second-order valence-electron chi connectivity index (χ2n) is 5.42. The molecule has 0 saturated heterocycles. The first-order valence-electron chi connectivity index (χ1n) is 7.71. The zero-order valence-electron chi connectivity index (χ0n) is 12.5. The summed E-state index contributed by atoms with van der Waals surface area (Å²) in [6.07, 6.45) is 16.1. The predicted molar refractivity (Wildman–Crippen MR) is 80.0 cm³/mol. The van der Waals surface area contributed by atoms with Crippen LogP contribution in [0.25, 0.3) is 0 Å². The summed E-state index contributed by atoms with van der Waals surface area (Å²) in [5.74, 6) is -0.206. The van der Waals surface area contributed by atoms with Crippen molar-refractivity contribution in [3.05, 3.63) is 23.3 Å². The Balaban J connectivity index is 2.40. The molecule has 0 N–H and O–H groups in total. The maximum Gasteiger partial charge on any atom is 0.330 e. The van der Waals surface area contributed by atoms with E-state index in [0.717, 1.165) is 12.8 Å². The first kappa shape index (κ1) is 16.0. The molecule has 0 aromatic carbocycles. The van der Waals surface area contributed by atoms with E-state index < -0.39 is 0 Å². The van der Waals surface area contributed by atoms with Gasteiger partial charge in [-0.15, -0.1) is 0 Å². The summed E-state index contributed by atoms with van der Waals surface area (Å²) in [6.45, 7) is 2.23. The molecular weight excluding hydrogens is 236 g/mol. The average molecular weight is 264 g/mol. The van der Waals surface area contributed by atoms with Crippen molar-refractivity contribution in [2.75, 3.05) is 7.11 Å². The lowest BCUT2D eigenvalue weighted by Gasteiger charge is -2.08. The number of carbonyl (C=O) groups excluding carboxylic acids is 1. The van der Waals surface area contributed by atoms with E-state index in [9.17, 15) is 4.79 Å². The normalized spacial score (nSPS) is 15.5. The molecule has 2 heteroatoms. The minimum absolute atomic E-state index is 0.206. The third-order valence-electron chi connectivity index (χ3n) is 3.71. The maximum absolute atomic E-state index is 11.4. The van der Waals surface area contributed by atoms with Gasteiger partial charge < -0.3 is 4.74 Å². The fourth-order valence-corrected chi connectivity index (χ4v) is 2.58. The highest BCUT2D eigenvalue weighted by molar-refractivity contribution is 5.82. The minimum atomic E-state index is -0.206. The van der Waals surface area contributed by atoms with Gasteiger partial charge >= 0.3 is 5.97 Å². The van der Waals surface area contributed by atoms with Gasteiger partial charge in [0.2, 0.25) is 0 Å². The number of unbranched alkanes of at least 4 members (excludes halogenated alkanes) is 4. The van der Waals surface area contributed by atoms with E-state index in [2.05, 4.69) is 13.0 Å². The van der Waals surface area contributed by atoms with Gasteiger partial charge in [0.15, 0.2) is 0 Å². The van der Waals surface area contributed by atoms with Crippen LogP contribution in [0, 0.1) is 0 Å². The Morgan fingerprint density at radius 1 is 1.32 bits per heavy atom. The van der Waals surface area contributed by atoms with Crippen LogP contribution >= 0.6 is 0 Å². The van der Waals surface area contributed by atoms with Gasteiger partial charge in [-0.25, -0.2) is 4.79 Å². The Kier molecular flexibility index (Phi) is 8.28. The van der Waals surface area contributed by atoms with E-state index in [4.69, 9.17) is 4.74 Å². The third-order valence-corrected chi connectivity index (χ3v) is 3.71. The Morgan fingerprint density at radius 3 is 2.74 bits per heavy atom. The van der Waals surface area contributed by atoms with E-state index in [1.54, 1.807) is 6.08 Å². The number of rotatable bonds is 9. The highest BCUT2D eigenvalue weighted by Gasteiger charge is 2.09. The summed E-state index contributed by atoms with van der Waals surface area (Å²) in [6, 6.07) is 0. The molecule has 0 aliphatic heterocycles. The smallest absolute Gasteiger partial charge is 0.330 e. The first-order valence-corrected chi connectivity index (χ1v) is 7.71. The van der Waals surface area contributed by atoms with Gasteiger partial charge in [-0.1, -0.05) is 49.8 Å². The largest absolute Gasteiger partial charge is 0.466 e. The van der Waals surface area contributed by atoms with Crippen LogP contribution in [-0.4, -0.2) is 13.1 Å². The van der Waals surface area contributed by atoms with E-state index in [-0.39, 0.29) is 5.97 Å². The average Bonchev–Trinajstić information content (AvgIpc) is 2.91. The van der Waals surface area contributed by atoms with Gasteiger partial charge in [-0.2, -0.15) is 0 Å². The molecule has 0 unspecified atom stereocenters. The lowest BCUT2D eigenvalue weighted by molar-refractivity contribution is -0.134. The fraction of sp³-hybridized carbons (Fsp3) is 0.706. The van der Waals surface area contributed by atoms with Crippen LogP contribution in [0.1, 0.15) is 71.1 Å². The highest BCUT2D eigenvalue weighted by Crippen LogP contribution is 2.26.